The van der Waals surface area contributed by atoms with Gasteiger partial charge in [0.05, 0.1) is 0 Å². The van der Waals surface area contributed by atoms with Crippen molar-refractivity contribution in [3.05, 3.63) is 0 Å². The zero-order valence-electron chi connectivity index (χ0n) is 19.9. The predicted octanol–water partition coefficient (Wildman–Crippen LogP) is 5.97. The molecule has 1 fully saturated rings. The average Bonchev–Trinajstić information content (AvgIpc) is 2.75. The molecule has 0 bridgehead atoms. The Labute approximate surface area is 186 Å². The van der Waals surface area contributed by atoms with Crippen LogP contribution in [0.2, 0.25) is 0 Å². The van der Waals surface area contributed by atoms with Crippen LogP contribution < -0.4 is 0 Å². The number of rotatable bonds is 21. The van der Waals surface area contributed by atoms with Crippen LogP contribution in [0.5, 0.6) is 0 Å². The normalized spacial score (nSPS) is 14.7. The largest absolute Gasteiger partial charge is 0.615 e. The Kier molecular flexibility index (Phi) is 19.4. The molecule has 0 spiro atoms. The third-order valence-corrected chi connectivity index (χ3v) is 5.17. The molecule has 0 N–H and O–H groups in total. The molecule has 9 heteroatoms. The Bertz CT molecular complexity index is 309. The second-order valence-corrected chi connectivity index (χ2v) is 8.13. The van der Waals surface area contributed by atoms with E-state index >= 15 is 0 Å². The van der Waals surface area contributed by atoms with E-state index in [-0.39, 0.29) is 0 Å². The van der Waals surface area contributed by atoms with E-state index in [0.717, 1.165) is 38.5 Å². The number of hydrogen-bond donors (Lipinski definition) is 0. The van der Waals surface area contributed by atoms with Crippen LogP contribution in [0.15, 0.2) is 0 Å². The SMILES string of the molecule is CCCCCCCOB1OB(OCCCCCCC)OB(OCCCCCCC)O1. The summed E-state index contributed by atoms with van der Waals surface area (Å²) in [5, 5.41) is 0. The minimum Gasteiger partial charge on any atom is -0.400 e. The summed E-state index contributed by atoms with van der Waals surface area (Å²) in [7, 11) is -2.42. The summed E-state index contributed by atoms with van der Waals surface area (Å²) in [5.41, 5.74) is 0. The van der Waals surface area contributed by atoms with Gasteiger partial charge in [0.1, 0.15) is 0 Å². The number of hydrogen-bond acceptors (Lipinski definition) is 6. The molecule has 1 rings (SSSR count). The standard InChI is InChI=1S/C21H45B3O6/c1-4-7-10-13-16-19-25-22-28-23(26-20-17-14-11-8-5-2)30-24(29-22)27-21-18-15-12-9-6-3/h4-21H2,1-3H3. The van der Waals surface area contributed by atoms with Crippen LogP contribution in [0.1, 0.15) is 117 Å². The van der Waals surface area contributed by atoms with Crippen molar-refractivity contribution in [2.75, 3.05) is 19.8 Å². The summed E-state index contributed by atoms with van der Waals surface area (Å²) in [4.78, 5) is 0. The monoisotopic (exact) mass is 426 g/mol. The Morgan fingerprint density at radius 2 is 0.667 bits per heavy atom. The van der Waals surface area contributed by atoms with Crippen molar-refractivity contribution >= 4 is 22.0 Å². The zero-order chi connectivity index (χ0) is 21.7. The molecule has 0 radical (unpaired) electrons. The maximum atomic E-state index is 5.76. The van der Waals surface area contributed by atoms with Gasteiger partial charge in [-0.25, -0.2) is 0 Å². The van der Waals surface area contributed by atoms with Gasteiger partial charge in [0.15, 0.2) is 0 Å². The Hall–Kier alpha value is -0.0452. The topological polar surface area (TPSA) is 55.4 Å². The summed E-state index contributed by atoms with van der Waals surface area (Å²) in [6.07, 6.45) is 17.7. The lowest BCUT2D eigenvalue weighted by molar-refractivity contribution is 0.0647. The van der Waals surface area contributed by atoms with Crippen LogP contribution in [-0.4, -0.2) is 41.8 Å². The van der Waals surface area contributed by atoms with E-state index in [4.69, 9.17) is 27.7 Å². The average molecular weight is 426 g/mol. The Morgan fingerprint density at radius 3 is 0.933 bits per heavy atom. The fraction of sp³-hybridized carbons (Fsp3) is 1.00. The van der Waals surface area contributed by atoms with Gasteiger partial charge in [-0.2, -0.15) is 0 Å². The van der Waals surface area contributed by atoms with E-state index in [0.29, 0.717) is 19.8 Å². The molecule has 0 aromatic rings. The molecular formula is C21H45B3O6. The molecule has 1 saturated heterocycles. The molecule has 174 valence electrons. The summed E-state index contributed by atoms with van der Waals surface area (Å²) in [6.45, 7) is 8.45. The molecule has 0 saturated carbocycles. The Balaban J connectivity index is 2.29. The molecule has 1 aliphatic heterocycles. The van der Waals surface area contributed by atoms with Crippen molar-refractivity contribution in [1.29, 1.82) is 0 Å². The van der Waals surface area contributed by atoms with Crippen molar-refractivity contribution in [1.82, 2.24) is 0 Å². The lowest BCUT2D eigenvalue weighted by atomic mass is 9.96. The fourth-order valence-electron chi connectivity index (χ4n) is 3.26. The van der Waals surface area contributed by atoms with Crippen molar-refractivity contribution in [3.8, 4) is 0 Å². The van der Waals surface area contributed by atoms with E-state index < -0.39 is 22.0 Å². The molecule has 0 atom stereocenters. The molecule has 0 amide bonds. The van der Waals surface area contributed by atoms with Gasteiger partial charge in [-0.1, -0.05) is 97.8 Å². The van der Waals surface area contributed by atoms with Gasteiger partial charge < -0.3 is 27.7 Å². The van der Waals surface area contributed by atoms with E-state index in [1.807, 2.05) is 0 Å². The van der Waals surface area contributed by atoms with Gasteiger partial charge >= 0.3 is 22.0 Å². The molecular weight excluding hydrogens is 381 g/mol. The maximum Gasteiger partial charge on any atom is 0.615 e. The summed E-state index contributed by atoms with van der Waals surface area (Å²) in [6, 6.07) is 0. The van der Waals surface area contributed by atoms with E-state index in [1.54, 1.807) is 0 Å². The third-order valence-electron chi connectivity index (χ3n) is 5.17. The first-order valence-electron chi connectivity index (χ1n) is 12.6. The highest BCUT2D eigenvalue weighted by Crippen LogP contribution is 2.14. The van der Waals surface area contributed by atoms with Crippen molar-refractivity contribution in [2.24, 2.45) is 0 Å². The van der Waals surface area contributed by atoms with Crippen molar-refractivity contribution in [2.45, 2.75) is 117 Å². The van der Waals surface area contributed by atoms with Gasteiger partial charge in [-0.3, -0.25) is 0 Å². The minimum atomic E-state index is -0.805. The molecule has 1 heterocycles. The Morgan fingerprint density at radius 1 is 0.400 bits per heavy atom. The van der Waals surface area contributed by atoms with E-state index in [2.05, 4.69) is 20.8 Å². The fourth-order valence-corrected chi connectivity index (χ4v) is 3.26. The molecule has 6 nitrogen and oxygen atoms in total. The highest BCUT2D eigenvalue weighted by atomic mass is 16.9. The lowest BCUT2D eigenvalue weighted by Gasteiger charge is -2.28. The van der Waals surface area contributed by atoms with Crippen LogP contribution in [0.3, 0.4) is 0 Å². The zero-order valence-corrected chi connectivity index (χ0v) is 19.9. The number of unbranched alkanes of at least 4 members (excludes halogenated alkanes) is 12. The van der Waals surface area contributed by atoms with E-state index in [9.17, 15) is 0 Å². The molecule has 1 aliphatic rings. The first-order chi connectivity index (χ1) is 14.8. The van der Waals surface area contributed by atoms with Gasteiger partial charge in [0, 0.05) is 19.8 Å². The molecule has 0 aliphatic carbocycles. The van der Waals surface area contributed by atoms with Crippen LogP contribution >= 0.6 is 0 Å². The van der Waals surface area contributed by atoms with E-state index in [1.165, 1.54) is 57.8 Å². The summed E-state index contributed by atoms with van der Waals surface area (Å²) >= 11 is 0. The quantitative estimate of drug-likeness (QED) is 0.167. The second-order valence-electron chi connectivity index (χ2n) is 8.13. The first kappa shape index (κ1) is 28.0. The van der Waals surface area contributed by atoms with Crippen LogP contribution in [0.4, 0.5) is 0 Å². The van der Waals surface area contributed by atoms with Gasteiger partial charge in [-0.15, -0.1) is 0 Å². The summed E-state index contributed by atoms with van der Waals surface area (Å²) in [5.74, 6) is 0. The molecule has 0 aromatic carbocycles. The predicted molar refractivity (Wildman–Crippen MR) is 125 cm³/mol. The van der Waals surface area contributed by atoms with Crippen molar-refractivity contribution in [3.63, 3.8) is 0 Å². The molecule has 0 unspecified atom stereocenters. The molecule has 0 aromatic heterocycles. The second kappa shape index (κ2) is 20.8. The van der Waals surface area contributed by atoms with Crippen LogP contribution in [0, 0.1) is 0 Å². The highest BCUT2D eigenvalue weighted by Gasteiger charge is 2.46. The smallest absolute Gasteiger partial charge is 0.400 e. The van der Waals surface area contributed by atoms with Gasteiger partial charge in [-0.05, 0) is 19.3 Å². The van der Waals surface area contributed by atoms with Crippen LogP contribution in [-0.2, 0) is 27.7 Å². The first-order valence-corrected chi connectivity index (χ1v) is 12.6. The van der Waals surface area contributed by atoms with Gasteiger partial charge in [0.2, 0.25) is 0 Å². The summed E-state index contributed by atoms with van der Waals surface area (Å²) < 4.78 is 34.3. The molecule has 30 heavy (non-hydrogen) atoms. The highest BCUT2D eigenvalue weighted by molar-refractivity contribution is 6.66. The van der Waals surface area contributed by atoms with Gasteiger partial charge in [0.25, 0.3) is 0 Å². The van der Waals surface area contributed by atoms with Crippen LogP contribution in [0.25, 0.3) is 0 Å². The third kappa shape index (κ3) is 15.7. The maximum absolute atomic E-state index is 5.76. The minimum absolute atomic E-state index is 0.599. The van der Waals surface area contributed by atoms with Crippen molar-refractivity contribution < 1.29 is 27.7 Å². The lowest BCUT2D eigenvalue weighted by Crippen LogP contribution is -2.53.